The van der Waals surface area contributed by atoms with Gasteiger partial charge in [0.25, 0.3) is 5.91 Å². The van der Waals surface area contributed by atoms with Crippen LogP contribution in [-0.4, -0.2) is 27.5 Å². The van der Waals surface area contributed by atoms with Crippen LogP contribution in [0.2, 0.25) is 0 Å². The Bertz CT molecular complexity index is 973. The molecule has 0 aliphatic rings. The molecule has 28 heavy (non-hydrogen) atoms. The summed E-state index contributed by atoms with van der Waals surface area (Å²) in [4.78, 5) is 12.2. The standard InChI is InChI=1S/C18H19F3N2O4S/c1-11(2)23-28(25,26)16-10-12(8-9-15(16)27-3)17(24)22-14-7-5-4-6-13(14)18(19,20)21/h4-11,23H,1-3H3,(H,22,24). The molecule has 2 rings (SSSR count). The monoisotopic (exact) mass is 416 g/mol. The number of carbonyl (C=O) groups is 1. The SMILES string of the molecule is COc1ccc(C(=O)Nc2ccccc2C(F)(F)F)cc1S(=O)(=O)NC(C)C. The molecule has 0 heterocycles. The molecule has 0 aliphatic heterocycles. The van der Waals surface area contributed by atoms with Crippen molar-refractivity contribution in [2.45, 2.75) is 31.0 Å². The molecule has 1 amide bonds. The number of nitrogens with one attached hydrogen (secondary N) is 2. The lowest BCUT2D eigenvalue weighted by Gasteiger charge is -2.15. The zero-order valence-corrected chi connectivity index (χ0v) is 16.1. The summed E-state index contributed by atoms with van der Waals surface area (Å²) in [5.74, 6) is -0.888. The summed E-state index contributed by atoms with van der Waals surface area (Å²) in [6.07, 6.45) is -4.65. The van der Waals surface area contributed by atoms with Gasteiger partial charge < -0.3 is 10.1 Å². The van der Waals surface area contributed by atoms with E-state index in [1.54, 1.807) is 13.8 Å². The molecule has 0 spiro atoms. The van der Waals surface area contributed by atoms with Gasteiger partial charge in [-0.15, -0.1) is 0 Å². The minimum absolute atomic E-state index is 0.000363. The van der Waals surface area contributed by atoms with Crippen LogP contribution in [0.4, 0.5) is 18.9 Å². The molecule has 0 radical (unpaired) electrons. The fraction of sp³-hybridized carbons (Fsp3) is 0.278. The molecular formula is C18H19F3N2O4S. The zero-order valence-electron chi connectivity index (χ0n) is 15.3. The maximum Gasteiger partial charge on any atom is 0.418 e. The Kier molecular flexibility index (Phi) is 6.35. The first-order valence-corrected chi connectivity index (χ1v) is 9.62. The van der Waals surface area contributed by atoms with Gasteiger partial charge in [-0.3, -0.25) is 4.79 Å². The van der Waals surface area contributed by atoms with Crippen molar-refractivity contribution in [3.05, 3.63) is 53.6 Å². The summed E-state index contributed by atoms with van der Waals surface area (Å²) >= 11 is 0. The summed E-state index contributed by atoms with van der Waals surface area (Å²) in [5.41, 5.74) is -1.58. The minimum atomic E-state index is -4.65. The maximum atomic E-state index is 13.1. The Labute approximate surface area is 160 Å². The number of alkyl halides is 3. The van der Waals surface area contributed by atoms with Crippen molar-refractivity contribution in [3.8, 4) is 5.75 Å². The number of ether oxygens (including phenoxy) is 1. The number of amides is 1. The number of carbonyl (C=O) groups excluding carboxylic acids is 1. The normalized spacial score (nSPS) is 12.1. The van der Waals surface area contributed by atoms with Crippen LogP contribution in [0, 0.1) is 0 Å². The van der Waals surface area contributed by atoms with Crippen LogP contribution in [0.25, 0.3) is 0 Å². The Balaban J connectivity index is 2.42. The Morgan fingerprint density at radius 3 is 2.32 bits per heavy atom. The summed E-state index contributed by atoms with van der Waals surface area (Å²) in [7, 11) is -2.73. The lowest BCUT2D eigenvalue weighted by Crippen LogP contribution is -2.30. The highest BCUT2D eigenvalue weighted by Crippen LogP contribution is 2.35. The topological polar surface area (TPSA) is 84.5 Å². The van der Waals surface area contributed by atoms with Gasteiger partial charge in [0, 0.05) is 11.6 Å². The molecule has 0 saturated heterocycles. The largest absolute Gasteiger partial charge is 0.495 e. The van der Waals surface area contributed by atoms with E-state index in [-0.39, 0.29) is 16.2 Å². The second-order valence-electron chi connectivity index (χ2n) is 6.14. The van der Waals surface area contributed by atoms with Gasteiger partial charge in [-0.05, 0) is 44.2 Å². The van der Waals surface area contributed by atoms with E-state index in [1.165, 1.54) is 31.4 Å². The summed E-state index contributed by atoms with van der Waals surface area (Å²) in [6, 6.07) is 7.67. The Morgan fingerprint density at radius 1 is 1.11 bits per heavy atom. The Hall–Kier alpha value is -2.59. The number of hydrogen-bond acceptors (Lipinski definition) is 4. The van der Waals surface area contributed by atoms with Crippen LogP contribution in [0.1, 0.15) is 29.8 Å². The van der Waals surface area contributed by atoms with Gasteiger partial charge >= 0.3 is 6.18 Å². The van der Waals surface area contributed by atoms with Gasteiger partial charge in [-0.1, -0.05) is 12.1 Å². The number of sulfonamides is 1. The molecule has 0 aliphatic carbocycles. The molecule has 0 unspecified atom stereocenters. The average Bonchev–Trinajstić information content (AvgIpc) is 2.59. The van der Waals surface area contributed by atoms with Crippen LogP contribution < -0.4 is 14.8 Å². The summed E-state index contributed by atoms with van der Waals surface area (Å²) < 4.78 is 71.6. The highest BCUT2D eigenvalue weighted by molar-refractivity contribution is 7.89. The van der Waals surface area contributed by atoms with Crippen LogP contribution in [0.15, 0.2) is 47.4 Å². The molecule has 0 aromatic heterocycles. The van der Waals surface area contributed by atoms with Gasteiger partial charge in [-0.25, -0.2) is 13.1 Å². The zero-order chi connectivity index (χ0) is 21.1. The summed E-state index contributed by atoms with van der Waals surface area (Å²) in [6.45, 7) is 3.24. The van der Waals surface area contributed by atoms with Crippen molar-refractivity contribution in [2.75, 3.05) is 12.4 Å². The molecule has 2 aromatic rings. The number of benzene rings is 2. The van der Waals surface area contributed by atoms with E-state index in [2.05, 4.69) is 10.0 Å². The number of rotatable bonds is 6. The highest BCUT2D eigenvalue weighted by atomic mass is 32.2. The average molecular weight is 416 g/mol. The first-order chi connectivity index (χ1) is 13.0. The number of halogens is 3. The second-order valence-corrected chi connectivity index (χ2v) is 7.82. The van der Waals surface area contributed by atoms with Crippen molar-refractivity contribution in [2.24, 2.45) is 0 Å². The quantitative estimate of drug-likeness (QED) is 0.753. The van der Waals surface area contributed by atoms with Crippen LogP contribution >= 0.6 is 0 Å². The molecule has 0 fully saturated rings. The molecule has 2 N–H and O–H groups in total. The van der Waals surface area contributed by atoms with Gasteiger partial charge in [-0.2, -0.15) is 13.2 Å². The smallest absolute Gasteiger partial charge is 0.418 e. The molecule has 0 saturated carbocycles. The highest BCUT2D eigenvalue weighted by Gasteiger charge is 2.33. The second kappa shape index (κ2) is 8.19. The first kappa shape index (κ1) is 21.7. The van der Waals surface area contributed by atoms with Gasteiger partial charge in [0.1, 0.15) is 10.6 Å². The molecule has 0 bridgehead atoms. The third kappa shape index (κ3) is 5.02. The van der Waals surface area contributed by atoms with Crippen molar-refractivity contribution in [3.63, 3.8) is 0 Å². The predicted molar refractivity (Wildman–Crippen MR) is 97.8 cm³/mol. The molecule has 2 aromatic carbocycles. The summed E-state index contributed by atoms with van der Waals surface area (Å²) in [5, 5.41) is 2.18. The molecule has 152 valence electrons. The molecule has 6 nitrogen and oxygen atoms in total. The fourth-order valence-corrected chi connectivity index (χ4v) is 3.88. The third-order valence-electron chi connectivity index (χ3n) is 3.59. The van der Waals surface area contributed by atoms with E-state index in [9.17, 15) is 26.4 Å². The minimum Gasteiger partial charge on any atom is -0.495 e. The van der Waals surface area contributed by atoms with Gasteiger partial charge in [0.2, 0.25) is 10.0 Å². The number of hydrogen-bond donors (Lipinski definition) is 2. The third-order valence-corrected chi connectivity index (χ3v) is 5.27. The van der Waals surface area contributed by atoms with Crippen LogP contribution in [-0.2, 0) is 16.2 Å². The lowest BCUT2D eigenvalue weighted by molar-refractivity contribution is -0.136. The van der Waals surface area contributed by atoms with Crippen molar-refractivity contribution >= 4 is 21.6 Å². The Morgan fingerprint density at radius 2 is 1.75 bits per heavy atom. The lowest BCUT2D eigenvalue weighted by atomic mass is 10.1. The van der Waals surface area contributed by atoms with Crippen molar-refractivity contribution < 1.29 is 31.1 Å². The van der Waals surface area contributed by atoms with Crippen molar-refractivity contribution in [1.82, 2.24) is 4.72 Å². The fourth-order valence-electron chi connectivity index (χ4n) is 2.44. The van der Waals surface area contributed by atoms with Crippen LogP contribution in [0.5, 0.6) is 5.75 Å². The molecule has 10 heteroatoms. The first-order valence-electron chi connectivity index (χ1n) is 8.13. The molecular weight excluding hydrogens is 397 g/mol. The number of anilines is 1. The van der Waals surface area contributed by atoms with Gasteiger partial charge in [0.15, 0.2) is 0 Å². The van der Waals surface area contributed by atoms with E-state index in [4.69, 9.17) is 4.74 Å². The van der Waals surface area contributed by atoms with Crippen molar-refractivity contribution in [1.29, 1.82) is 0 Å². The van der Waals surface area contributed by atoms with E-state index in [0.29, 0.717) is 0 Å². The maximum absolute atomic E-state index is 13.1. The number of para-hydroxylation sites is 1. The predicted octanol–water partition coefficient (Wildman–Crippen LogP) is 3.65. The number of methoxy groups -OCH3 is 1. The van der Waals surface area contributed by atoms with E-state index in [0.717, 1.165) is 18.2 Å². The molecule has 0 atom stereocenters. The van der Waals surface area contributed by atoms with Gasteiger partial charge in [0.05, 0.1) is 18.4 Å². The van der Waals surface area contributed by atoms with E-state index >= 15 is 0 Å². The van der Waals surface area contributed by atoms with Crippen LogP contribution in [0.3, 0.4) is 0 Å². The van der Waals surface area contributed by atoms with E-state index < -0.39 is 39.4 Å². The van der Waals surface area contributed by atoms with E-state index in [1.807, 2.05) is 0 Å².